The van der Waals surface area contributed by atoms with Gasteiger partial charge in [0.1, 0.15) is 11.9 Å². The summed E-state index contributed by atoms with van der Waals surface area (Å²) in [6.45, 7) is 3.89. The van der Waals surface area contributed by atoms with Crippen LogP contribution >= 0.6 is 0 Å². The first-order valence-electron chi connectivity index (χ1n) is 10.7. The molecular formula is C21H28N8O. The fourth-order valence-corrected chi connectivity index (χ4v) is 4.53. The Kier molecular flexibility index (Phi) is 5.08. The summed E-state index contributed by atoms with van der Waals surface area (Å²) >= 11 is 0. The highest BCUT2D eigenvalue weighted by Gasteiger charge is 2.42. The van der Waals surface area contributed by atoms with Gasteiger partial charge in [0.2, 0.25) is 5.95 Å². The molecule has 9 nitrogen and oxygen atoms in total. The third-order valence-electron chi connectivity index (χ3n) is 6.22. The van der Waals surface area contributed by atoms with Crippen molar-refractivity contribution in [1.82, 2.24) is 34.4 Å². The normalized spacial score (nSPS) is 18.6. The van der Waals surface area contributed by atoms with Crippen LogP contribution in [-0.2, 0) is 23.2 Å². The first-order valence-corrected chi connectivity index (χ1v) is 10.7. The third kappa shape index (κ3) is 3.63. The van der Waals surface area contributed by atoms with Crippen molar-refractivity contribution in [2.24, 2.45) is 0 Å². The van der Waals surface area contributed by atoms with E-state index in [9.17, 15) is 0 Å². The van der Waals surface area contributed by atoms with Crippen molar-refractivity contribution in [3.63, 3.8) is 0 Å². The first-order chi connectivity index (χ1) is 14.6. The molecule has 2 aliphatic heterocycles. The van der Waals surface area contributed by atoms with Crippen molar-refractivity contribution in [3.05, 3.63) is 41.7 Å². The highest BCUT2D eigenvalue weighted by Crippen LogP contribution is 2.40. The molecule has 0 saturated carbocycles. The Morgan fingerprint density at radius 1 is 1.13 bits per heavy atom. The van der Waals surface area contributed by atoms with Crippen LogP contribution in [0.3, 0.4) is 0 Å². The van der Waals surface area contributed by atoms with E-state index in [4.69, 9.17) is 9.72 Å². The average molecular weight is 409 g/mol. The largest absolute Gasteiger partial charge is 0.368 e. The molecule has 9 heteroatoms. The Labute approximate surface area is 176 Å². The lowest BCUT2D eigenvalue weighted by atomic mass is 9.83. The SMILES string of the molecule is CN(C)c1ncc2c(n1)C1(CCN(CCCc3cnc4ncnn4c3)CC1)OCC2. The Hall–Kier alpha value is -2.65. The minimum Gasteiger partial charge on any atom is -0.368 e. The number of aryl methyl sites for hydroxylation is 1. The molecule has 1 spiro atoms. The number of anilines is 1. The summed E-state index contributed by atoms with van der Waals surface area (Å²) < 4.78 is 8.10. The second kappa shape index (κ2) is 7.88. The molecule has 0 aromatic carbocycles. The van der Waals surface area contributed by atoms with Crippen molar-refractivity contribution in [3.8, 4) is 0 Å². The molecule has 5 rings (SSSR count). The van der Waals surface area contributed by atoms with Crippen LogP contribution in [0.25, 0.3) is 5.78 Å². The fourth-order valence-electron chi connectivity index (χ4n) is 4.53. The maximum atomic E-state index is 6.36. The maximum Gasteiger partial charge on any atom is 0.252 e. The zero-order valence-electron chi connectivity index (χ0n) is 17.7. The summed E-state index contributed by atoms with van der Waals surface area (Å²) in [7, 11) is 3.97. The molecule has 158 valence electrons. The number of piperidine rings is 1. The predicted octanol–water partition coefficient (Wildman–Crippen LogP) is 1.48. The topological polar surface area (TPSA) is 84.6 Å². The van der Waals surface area contributed by atoms with Gasteiger partial charge in [0.25, 0.3) is 5.78 Å². The highest BCUT2D eigenvalue weighted by atomic mass is 16.5. The number of likely N-dealkylation sites (tertiary alicyclic amines) is 1. The minimum absolute atomic E-state index is 0.250. The van der Waals surface area contributed by atoms with Gasteiger partial charge in [-0.3, -0.25) is 0 Å². The molecule has 3 aromatic rings. The lowest BCUT2D eigenvalue weighted by molar-refractivity contribution is -0.101. The van der Waals surface area contributed by atoms with Crippen LogP contribution in [0.1, 0.15) is 36.1 Å². The van der Waals surface area contributed by atoms with Gasteiger partial charge in [-0.15, -0.1) is 0 Å². The van der Waals surface area contributed by atoms with Crippen molar-refractivity contribution in [1.29, 1.82) is 0 Å². The van der Waals surface area contributed by atoms with Crippen LogP contribution < -0.4 is 4.90 Å². The number of aromatic nitrogens is 6. The van der Waals surface area contributed by atoms with Gasteiger partial charge in [0.05, 0.1) is 12.3 Å². The van der Waals surface area contributed by atoms with Crippen molar-refractivity contribution in [2.45, 2.75) is 37.7 Å². The third-order valence-corrected chi connectivity index (χ3v) is 6.22. The second-order valence-corrected chi connectivity index (χ2v) is 8.44. The summed E-state index contributed by atoms with van der Waals surface area (Å²) in [5, 5.41) is 4.17. The first kappa shape index (κ1) is 19.3. The van der Waals surface area contributed by atoms with Crippen LogP contribution in [0, 0.1) is 0 Å². The molecule has 2 aliphatic rings. The molecule has 0 radical (unpaired) electrons. The zero-order valence-corrected chi connectivity index (χ0v) is 17.7. The Balaban J connectivity index is 1.20. The molecule has 1 fully saturated rings. The summed E-state index contributed by atoms with van der Waals surface area (Å²) in [6.07, 6.45) is 12.4. The number of ether oxygens (including phenoxy) is 1. The van der Waals surface area contributed by atoms with Gasteiger partial charge in [0.15, 0.2) is 0 Å². The quantitative estimate of drug-likeness (QED) is 0.628. The van der Waals surface area contributed by atoms with Crippen LogP contribution in [0.2, 0.25) is 0 Å². The smallest absolute Gasteiger partial charge is 0.252 e. The lowest BCUT2D eigenvalue weighted by Gasteiger charge is -2.44. The molecule has 3 aromatic heterocycles. The number of rotatable bonds is 5. The summed E-state index contributed by atoms with van der Waals surface area (Å²) in [5.74, 6) is 1.41. The van der Waals surface area contributed by atoms with E-state index in [2.05, 4.69) is 25.0 Å². The number of fused-ring (bicyclic) bond motifs is 3. The van der Waals surface area contributed by atoms with Gasteiger partial charge in [-0.1, -0.05) is 0 Å². The Bertz CT molecular complexity index is 1020. The van der Waals surface area contributed by atoms with E-state index >= 15 is 0 Å². The monoisotopic (exact) mass is 408 g/mol. The van der Waals surface area contributed by atoms with Crippen LogP contribution in [-0.4, -0.2) is 74.8 Å². The molecule has 0 aliphatic carbocycles. The second-order valence-electron chi connectivity index (χ2n) is 8.44. The Morgan fingerprint density at radius 2 is 2.00 bits per heavy atom. The van der Waals surface area contributed by atoms with Crippen LogP contribution in [0.5, 0.6) is 0 Å². The standard InChI is InChI=1S/C21H28N8O/c1-27(2)20-23-13-17-5-11-30-21(18(17)26-20)6-9-28(10-7-21)8-3-4-16-12-22-19-24-15-25-29(19)14-16/h12-15H,3-11H2,1-2H3. The number of hydrogen-bond donors (Lipinski definition) is 0. The van der Waals surface area contributed by atoms with Gasteiger partial charge in [-0.05, 0) is 49.8 Å². The van der Waals surface area contributed by atoms with Gasteiger partial charge >= 0.3 is 0 Å². The number of nitrogens with zero attached hydrogens (tertiary/aromatic N) is 8. The number of hydrogen-bond acceptors (Lipinski definition) is 8. The molecule has 0 bridgehead atoms. The van der Waals surface area contributed by atoms with Gasteiger partial charge in [-0.25, -0.2) is 19.5 Å². The molecule has 30 heavy (non-hydrogen) atoms. The predicted molar refractivity (Wildman–Crippen MR) is 112 cm³/mol. The Morgan fingerprint density at radius 3 is 2.83 bits per heavy atom. The molecule has 0 atom stereocenters. The van der Waals surface area contributed by atoms with Crippen molar-refractivity contribution < 1.29 is 4.74 Å². The summed E-state index contributed by atoms with van der Waals surface area (Å²) in [4.78, 5) is 22.3. The van der Waals surface area contributed by atoms with Gasteiger partial charge in [0, 0.05) is 45.8 Å². The van der Waals surface area contributed by atoms with E-state index in [1.54, 1.807) is 4.52 Å². The van der Waals surface area contributed by atoms with Gasteiger partial charge in [-0.2, -0.15) is 10.1 Å². The van der Waals surface area contributed by atoms with Crippen LogP contribution in [0.15, 0.2) is 24.9 Å². The van der Waals surface area contributed by atoms with E-state index in [1.807, 2.05) is 37.6 Å². The summed E-state index contributed by atoms with van der Waals surface area (Å²) in [5.41, 5.74) is 3.30. The molecular weight excluding hydrogens is 380 g/mol. The molecule has 5 heterocycles. The highest BCUT2D eigenvalue weighted by molar-refractivity contribution is 5.35. The van der Waals surface area contributed by atoms with E-state index in [0.29, 0.717) is 5.78 Å². The summed E-state index contributed by atoms with van der Waals surface area (Å²) in [6, 6.07) is 0. The molecule has 0 unspecified atom stereocenters. The van der Waals surface area contributed by atoms with Gasteiger partial charge < -0.3 is 14.5 Å². The molecule has 0 N–H and O–H groups in total. The molecule has 0 amide bonds. The molecule has 1 saturated heterocycles. The van der Waals surface area contributed by atoms with Crippen LogP contribution in [0.4, 0.5) is 5.95 Å². The van der Waals surface area contributed by atoms with E-state index in [-0.39, 0.29) is 5.60 Å². The van der Waals surface area contributed by atoms with E-state index in [1.165, 1.54) is 17.5 Å². The lowest BCUT2D eigenvalue weighted by Crippen LogP contribution is -2.47. The van der Waals surface area contributed by atoms with Crippen molar-refractivity contribution >= 4 is 11.7 Å². The zero-order chi connectivity index (χ0) is 20.6. The average Bonchev–Trinajstić information content (AvgIpc) is 3.23. The maximum absolute atomic E-state index is 6.36. The minimum atomic E-state index is -0.250. The van der Waals surface area contributed by atoms with E-state index < -0.39 is 0 Å². The fraction of sp³-hybridized carbons (Fsp3) is 0.571. The van der Waals surface area contributed by atoms with Crippen molar-refractivity contribution in [2.75, 3.05) is 45.2 Å². The van der Waals surface area contributed by atoms with E-state index in [0.717, 1.165) is 70.0 Å².